The van der Waals surface area contributed by atoms with E-state index in [0.29, 0.717) is 6.04 Å². The third-order valence-electron chi connectivity index (χ3n) is 6.25. The second kappa shape index (κ2) is 12.2. The topological polar surface area (TPSA) is 12.0 Å². The molecule has 2 heteroatoms. The van der Waals surface area contributed by atoms with Crippen LogP contribution in [0.2, 0.25) is 13.3 Å². The number of nitrogens with one attached hydrogen (secondary N) is 1. The number of hydrogen-bond donors (Lipinski definition) is 1. The first kappa shape index (κ1) is 22.0. The first-order chi connectivity index (χ1) is 12.7. The van der Waals surface area contributed by atoms with Gasteiger partial charge in [0.2, 0.25) is 0 Å². The van der Waals surface area contributed by atoms with Gasteiger partial charge in [0, 0.05) is 0 Å². The fourth-order valence-electron chi connectivity index (χ4n) is 4.65. The molecule has 1 aliphatic heterocycles. The van der Waals surface area contributed by atoms with Gasteiger partial charge in [0.15, 0.2) is 0 Å². The van der Waals surface area contributed by atoms with Crippen molar-refractivity contribution in [2.75, 3.05) is 6.54 Å². The Labute approximate surface area is 166 Å². The molecule has 0 aliphatic carbocycles. The Bertz CT molecular complexity index is 500. The molecule has 146 valence electrons. The fourth-order valence-corrected chi connectivity index (χ4v) is 21.8. The molecule has 1 aliphatic rings. The molecule has 0 aromatic heterocycles. The molecule has 1 heterocycles. The zero-order valence-corrected chi connectivity index (χ0v) is 20.4. The van der Waals surface area contributed by atoms with Crippen LogP contribution in [0, 0.1) is 0 Å². The van der Waals surface area contributed by atoms with Crippen LogP contribution in [0.5, 0.6) is 0 Å². The molecule has 0 spiro atoms. The van der Waals surface area contributed by atoms with Gasteiger partial charge in [-0.05, 0) is 0 Å². The van der Waals surface area contributed by atoms with Crippen molar-refractivity contribution in [3.8, 4) is 0 Å². The van der Waals surface area contributed by atoms with Crippen LogP contribution < -0.4 is 5.32 Å². The van der Waals surface area contributed by atoms with Crippen LogP contribution in [-0.2, 0) is 6.42 Å². The summed E-state index contributed by atoms with van der Waals surface area (Å²) in [5, 5.41) is 3.80. The average Bonchev–Trinajstić information content (AvgIpc) is 2.69. The molecule has 1 N–H and O–H groups in total. The Morgan fingerprint density at radius 2 is 1.46 bits per heavy atom. The monoisotopic (exact) mass is 463 g/mol. The van der Waals surface area contributed by atoms with E-state index in [2.05, 4.69) is 62.5 Å². The summed E-state index contributed by atoms with van der Waals surface area (Å²) >= 11 is -2.20. The molecule has 0 radical (unpaired) electrons. The third kappa shape index (κ3) is 6.71. The van der Waals surface area contributed by atoms with Crippen molar-refractivity contribution in [3.63, 3.8) is 0 Å². The maximum atomic E-state index is 3.80. The minimum atomic E-state index is -2.20. The SMILES string of the molecule is CCC[CH2][Sn]([CH2]CCC)([CH2]CCC)[C]1=CCNC(Cc2ccccc2)C1. The molecular formula is C24H41NSn. The zero-order chi connectivity index (χ0) is 18.7. The van der Waals surface area contributed by atoms with E-state index in [0.717, 1.165) is 6.54 Å². The number of rotatable bonds is 12. The second-order valence-corrected chi connectivity index (χ2v) is 21.7. The van der Waals surface area contributed by atoms with Gasteiger partial charge >= 0.3 is 167 Å². The molecular weight excluding hydrogens is 421 g/mol. The third-order valence-corrected chi connectivity index (χ3v) is 22.5. The van der Waals surface area contributed by atoms with Gasteiger partial charge < -0.3 is 0 Å². The minimum absolute atomic E-state index is 0.651. The van der Waals surface area contributed by atoms with E-state index < -0.39 is 18.4 Å². The summed E-state index contributed by atoms with van der Waals surface area (Å²) in [6.45, 7) is 8.25. The summed E-state index contributed by atoms with van der Waals surface area (Å²) in [4.78, 5) is 0. The molecule has 0 amide bonds. The van der Waals surface area contributed by atoms with Crippen LogP contribution in [0.25, 0.3) is 0 Å². The summed E-state index contributed by atoms with van der Waals surface area (Å²) in [6.07, 6.45) is 13.7. The van der Waals surface area contributed by atoms with Crippen molar-refractivity contribution in [2.24, 2.45) is 0 Å². The van der Waals surface area contributed by atoms with E-state index in [1.807, 2.05) is 3.59 Å². The van der Waals surface area contributed by atoms with Gasteiger partial charge in [-0.1, -0.05) is 0 Å². The Morgan fingerprint density at radius 1 is 0.885 bits per heavy atom. The standard InChI is InChI=1S/C12H14N.3C4H9.Sn/c1-2-6-11(7-3-1)10-12-8-4-5-9-13-12;3*1-3-4-2;/h1-3,5-7,12-13H,8-10H2;3*1,3-4H2,2H3;. The first-order valence-electron chi connectivity index (χ1n) is 11.2. The zero-order valence-electron chi connectivity index (χ0n) is 17.5. The molecule has 0 bridgehead atoms. The van der Waals surface area contributed by atoms with E-state index >= 15 is 0 Å². The predicted molar refractivity (Wildman–Crippen MR) is 120 cm³/mol. The molecule has 1 aromatic carbocycles. The van der Waals surface area contributed by atoms with Crippen LogP contribution in [0.4, 0.5) is 0 Å². The molecule has 1 nitrogen and oxygen atoms in total. The van der Waals surface area contributed by atoms with Gasteiger partial charge in [-0.15, -0.1) is 0 Å². The summed E-state index contributed by atoms with van der Waals surface area (Å²) in [6, 6.07) is 11.7. The van der Waals surface area contributed by atoms with E-state index in [1.165, 1.54) is 56.9 Å². The van der Waals surface area contributed by atoms with Gasteiger partial charge in [0.1, 0.15) is 0 Å². The Kier molecular flexibility index (Phi) is 10.4. The molecule has 1 unspecified atom stereocenters. The Balaban J connectivity index is 2.14. The molecule has 1 atom stereocenters. The molecule has 26 heavy (non-hydrogen) atoms. The fraction of sp³-hybridized carbons (Fsp3) is 0.667. The van der Waals surface area contributed by atoms with Crippen molar-refractivity contribution < 1.29 is 0 Å². The van der Waals surface area contributed by atoms with Crippen molar-refractivity contribution in [2.45, 2.75) is 91.5 Å². The molecule has 0 fully saturated rings. The first-order valence-corrected chi connectivity index (χ1v) is 18.7. The number of unbranched alkanes of at least 4 members (excludes halogenated alkanes) is 3. The van der Waals surface area contributed by atoms with E-state index in [9.17, 15) is 0 Å². The van der Waals surface area contributed by atoms with Crippen LogP contribution >= 0.6 is 0 Å². The second-order valence-electron chi connectivity index (χ2n) is 8.32. The van der Waals surface area contributed by atoms with Crippen molar-refractivity contribution in [1.82, 2.24) is 5.32 Å². The van der Waals surface area contributed by atoms with Crippen molar-refractivity contribution in [1.29, 1.82) is 0 Å². The quantitative estimate of drug-likeness (QED) is 0.333. The van der Waals surface area contributed by atoms with E-state index in [-0.39, 0.29) is 0 Å². The van der Waals surface area contributed by atoms with Gasteiger partial charge in [-0.2, -0.15) is 0 Å². The van der Waals surface area contributed by atoms with Gasteiger partial charge in [-0.25, -0.2) is 0 Å². The summed E-state index contributed by atoms with van der Waals surface area (Å²) in [5.74, 6) is 0. The van der Waals surface area contributed by atoms with Crippen LogP contribution in [-0.4, -0.2) is 31.0 Å². The Morgan fingerprint density at radius 3 is 2.00 bits per heavy atom. The summed E-state index contributed by atoms with van der Waals surface area (Å²) in [5.41, 5.74) is 1.49. The average molecular weight is 462 g/mol. The number of benzene rings is 1. The van der Waals surface area contributed by atoms with Crippen molar-refractivity contribution >= 4 is 18.4 Å². The van der Waals surface area contributed by atoms with Gasteiger partial charge in [0.05, 0.1) is 0 Å². The molecule has 0 saturated carbocycles. The van der Waals surface area contributed by atoms with Crippen LogP contribution in [0.1, 0.15) is 71.3 Å². The normalized spacial score (nSPS) is 18.0. The molecule has 0 saturated heterocycles. The Hall–Kier alpha value is -0.281. The van der Waals surface area contributed by atoms with Crippen LogP contribution in [0.15, 0.2) is 40.0 Å². The van der Waals surface area contributed by atoms with Crippen molar-refractivity contribution in [3.05, 3.63) is 45.6 Å². The van der Waals surface area contributed by atoms with Gasteiger partial charge in [-0.3, -0.25) is 0 Å². The molecule has 2 rings (SSSR count). The van der Waals surface area contributed by atoms with Gasteiger partial charge in [0.25, 0.3) is 0 Å². The molecule has 1 aromatic rings. The predicted octanol–water partition coefficient (Wildman–Crippen LogP) is 6.91. The maximum absolute atomic E-state index is 3.80. The summed E-state index contributed by atoms with van der Waals surface area (Å²) in [7, 11) is 0. The van der Waals surface area contributed by atoms with E-state index in [4.69, 9.17) is 0 Å². The van der Waals surface area contributed by atoms with Crippen LogP contribution in [0.3, 0.4) is 0 Å². The summed E-state index contributed by atoms with van der Waals surface area (Å²) < 4.78 is 6.81. The van der Waals surface area contributed by atoms with E-state index in [1.54, 1.807) is 13.3 Å². The number of hydrogen-bond acceptors (Lipinski definition) is 1.